The lowest BCUT2D eigenvalue weighted by molar-refractivity contribution is 0.337. The largest absolute Gasteiger partial charge is 0.351 e. The van der Waals surface area contributed by atoms with Gasteiger partial charge in [0.25, 0.3) is 0 Å². The van der Waals surface area contributed by atoms with E-state index in [1.807, 2.05) is 18.4 Å². The molecule has 0 aliphatic heterocycles. The maximum Gasteiger partial charge on any atom is 0.185 e. The molecule has 2 bridgehead atoms. The number of hydrogen-bond donors (Lipinski definition) is 1. The Morgan fingerprint density at radius 3 is 2.80 bits per heavy atom. The summed E-state index contributed by atoms with van der Waals surface area (Å²) in [6.07, 6.45) is 6.97. The molecule has 4 heteroatoms. The van der Waals surface area contributed by atoms with Crippen LogP contribution in [0.3, 0.4) is 0 Å². The van der Waals surface area contributed by atoms with E-state index in [1.165, 1.54) is 47.9 Å². The fourth-order valence-electron chi connectivity index (χ4n) is 4.14. The first kappa shape index (κ1) is 14.3. The van der Waals surface area contributed by atoms with E-state index in [4.69, 9.17) is 4.98 Å². The van der Waals surface area contributed by atoms with E-state index in [2.05, 4.69) is 24.2 Å². The monoisotopic (exact) mass is 293 g/mol. The van der Waals surface area contributed by atoms with E-state index < -0.39 is 0 Å². The zero-order valence-electron chi connectivity index (χ0n) is 13.0. The number of fused-ring (bicyclic) bond motifs is 2. The molecule has 3 nitrogen and oxygen atoms in total. The Hall–Kier alpha value is -0.610. The van der Waals surface area contributed by atoms with Crippen LogP contribution < -0.4 is 10.2 Å². The Bertz CT molecular complexity index is 457. The number of hydrogen-bond acceptors (Lipinski definition) is 4. The van der Waals surface area contributed by atoms with Crippen molar-refractivity contribution in [1.82, 2.24) is 10.3 Å². The summed E-state index contributed by atoms with van der Waals surface area (Å²) < 4.78 is 0. The molecular weight excluding hydrogens is 266 g/mol. The summed E-state index contributed by atoms with van der Waals surface area (Å²) in [5.74, 6) is 2.96. The van der Waals surface area contributed by atoms with Crippen LogP contribution in [-0.4, -0.2) is 25.6 Å². The highest BCUT2D eigenvalue weighted by molar-refractivity contribution is 7.15. The smallest absolute Gasteiger partial charge is 0.185 e. The second-order valence-corrected chi connectivity index (χ2v) is 7.63. The zero-order chi connectivity index (χ0) is 14.1. The molecule has 2 fully saturated rings. The summed E-state index contributed by atoms with van der Waals surface area (Å²) in [4.78, 5) is 8.67. The third-order valence-electron chi connectivity index (χ3n) is 5.16. The van der Waals surface area contributed by atoms with Gasteiger partial charge < -0.3 is 10.2 Å². The van der Waals surface area contributed by atoms with Gasteiger partial charge >= 0.3 is 0 Å². The third-order valence-corrected chi connectivity index (χ3v) is 6.37. The van der Waals surface area contributed by atoms with Gasteiger partial charge in [0.2, 0.25) is 0 Å². The molecule has 1 N–H and O–H groups in total. The Kier molecular flexibility index (Phi) is 4.32. The van der Waals surface area contributed by atoms with E-state index >= 15 is 0 Å². The van der Waals surface area contributed by atoms with Crippen LogP contribution in [-0.2, 0) is 13.0 Å². The molecule has 0 saturated heterocycles. The molecule has 1 aromatic heterocycles. The molecule has 0 spiro atoms. The van der Waals surface area contributed by atoms with Gasteiger partial charge in [-0.25, -0.2) is 4.98 Å². The number of rotatable bonds is 6. The Labute approximate surface area is 126 Å². The number of aromatic nitrogens is 1. The van der Waals surface area contributed by atoms with Crippen molar-refractivity contribution in [2.45, 2.75) is 45.6 Å². The van der Waals surface area contributed by atoms with E-state index in [0.717, 1.165) is 30.7 Å². The molecule has 3 unspecified atom stereocenters. The van der Waals surface area contributed by atoms with Crippen LogP contribution >= 0.6 is 11.3 Å². The number of thiazole rings is 1. The summed E-state index contributed by atoms with van der Waals surface area (Å²) in [5.41, 5.74) is 1.28. The topological polar surface area (TPSA) is 28.2 Å². The third kappa shape index (κ3) is 2.73. The minimum atomic E-state index is 0.917. The van der Waals surface area contributed by atoms with Crippen molar-refractivity contribution in [3.05, 3.63) is 10.6 Å². The average molecular weight is 293 g/mol. The van der Waals surface area contributed by atoms with E-state index in [1.54, 1.807) is 0 Å². The molecule has 2 saturated carbocycles. The average Bonchev–Trinajstić information content (AvgIpc) is 3.13. The second kappa shape index (κ2) is 6.02. The highest BCUT2D eigenvalue weighted by Gasteiger charge is 2.39. The van der Waals surface area contributed by atoms with Crippen molar-refractivity contribution in [1.29, 1.82) is 0 Å². The van der Waals surface area contributed by atoms with Gasteiger partial charge in [-0.15, -0.1) is 11.3 Å². The van der Waals surface area contributed by atoms with Crippen molar-refractivity contribution in [3.8, 4) is 0 Å². The maximum atomic E-state index is 4.86. The highest BCUT2D eigenvalue weighted by Crippen LogP contribution is 2.48. The van der Waals surface area contributed by atoms with Crippen molar-refractivity contribution < 1.29 is 0 Å². The van der Waals surface area contributed by atoms with E-state index in [-0.39, 0.29) is 0 Å². The second-order valence-electron chi connectivity index (χ2n) is 6.57. The van der Waals surface area contributed by atoms with Gasteiger partial charge in [0.15, 0.2) is 5.13 Å². The van der Waals surface area contributed by atoms with Crippen LogP contribution in [0.2, 0.25) is 0 Å². The zero-order valence-corrected chi connectivity index (χ0v) is 13.8. The fourth-order valence-corrected chi connectivity index (χ4v) is 5.27. The summed E-state index contributed by atoms with van der Waals surface area (Å²) in [6, 6.07) is 0. The first-order valence-corrected chi connectivity index (χ1v) is 8.87. The SMILES string of the molecule is CCc1nc(N(C)CC2CC3CCC2C3)sc1CNC. The lowest BCUT2D eigenvalue weighted by atomic mass is 9.88. The van der Waals surface area contributed by atoms with Crippen LogP contribution in [0.5, 0.6) is 0 Å². The standard InChI is InChI=1S/C16H27N3S/c1-4-14-15(9-17-2)20-16(18-14)19(3)10-13-8-11-5-6-12(13)7-11/h11-13,17H,4-10H2,1-3H3. The Morgan fingerprint density at radius 2 is 2.20 bits per heavy atom. The van der Waals surface area contributed by atoms with Crippen molar-refractivity contribution in [2.75, 3.05) is 25.5 Å². The van der Waals surface area contributed by atoms with Crippen molar-refractivity contribution in [2.24, 2.45) is 17.8 Å². The van der Waals surface area contributed by atoms with Crippen LogP contribution in [0.25, 0.3) is 0 Å². The van der Waals surface area contributed by atoms with Crippen LogP contribution in [0.1, 0.15) is 43.2 Å². The lowest BCUT2D eigenvalue weighted by Gasteiger charge is -2.26. The predicted octanol–water partition coefficient (Wildman–Crippen LogP) is 3.30. The first-order chi connectivity index (χ1) is 9.71. The summed E-state index contributed by atoms with van der Waals surface area (Å²) in [7, 11) is 4.24. The van der Waals surface area contributed by atoms with Gasteiger partial charge in [0.05, 0.1) is 5.69 Å². The normalized spacial score (nSPS) is 28.2. The number of aryl methyl sites for hydroxylation is 1. The molecule has 3 atom stereocenters. The quantitative estimate of drug-likeness (QED) is 0.872. The highest BCUT2D eigenvalue weighted by atomic mass is 32.1. The molecule has 20 heavy (non-hydrogen) atoms. The van der Waals surface area contributed by atoms with Gasteiger partial charge in [-0.2, -0.15) is 0 Å². The maximum absolute atomic E-state index is 4.86. The molecule has 3 rings (SSSR count). The molecular formula is C16H27N3S. The summed E-state index contributed by atoms with van der Waals surface area (Å²) in [6.45, 7) is 4.35. The fraction of sp³-hybridized carbons (Fsp3) is 0.812. The predicted molar refractivity (Wildman–Crippen MR) is 86.5 cm³/mol. The molecule has 0 amide bonds. The van der Waals surface area contributed by atoms with Gasteiger partial charge in [-0.3, -0.25) is 0 Å². The van der Waals surface area contributed by atoms with E-state index in [0.29, 0.717) is 0 Å². The minimum absolute atomic E-state index is 0.917. The van der Waals surface area contributed by atoms with E-state index in [9.17, 15) is 0 Å². The van der Waals surface area contributed by atoms with Gasteiger partial charge in [-0.1, -0.05) is 13.3 Å². The minimum Gasteiger partial charge on any atom is -0.351 e. The molecule has 0 aromatic carbocycles. The van der Waals surface area contributed by atoms with Crippen LogP contribution in [0.15, 0.2) is 0 Å². The van der Waals surface area contributed by atoms with Crippen LogP contribution in [0, 0.1) is 17.8 Å². The first-order valence-electron chi connectivity index (χ1n) is 8.05. The number of nitrogens with one attached hydrogen (secondary N) is 1. The number of anilines is 1. The van der Waals surface area contributed by atoms with Crippen LogP contribution in [0.4, 0.5) is 5.13 Å². The Balaban J connectivity index is 1.66. The van der Waals surface area contributed by atoms with Gasteiger partial charge in [-0.05, 0) is 50.5 Å². The van der Waals surface area contributed by atoms with Crippen molar-refractivity contribution in [3.63, 3.8) is 0 Å². The lowest BCUT2D eigenvalue weighted by Crippen LogP contribution is -2.28. The molecule has 1 heterocycles. The molecule has 112 valence electrons. The van der Waals surface area contributed by atoms with Gasteiger partial charge in [0, 0.05) is 25.0 Å². The molecule has 0 radical (unpaired) electrons. The van der Waals surface area contributed by atoms with Crippen molar-refractivity contribution >= 4 is 16.5 Å². The molecule has 1 aromatic rings. The molecule has 2 aliphatic carbocycles. The summed E-state index contributed by atoms with van der Waals surface area (Å²) >= 11 is 1.87. The number of nitrogens with zero attached hydrogens (tertiary/aromatic N) is 2. The molecule has 2 aliphatic rings. The summed E-state index contributed by atoms with van der Waals surface area (Å²) in [5, 5.41) is 4.48. The Morgan fingerprint density at radius 1 is 1.35 bits per heavy atom. The van der Waals surface area contributed by atoms with Gasteiger partial charge in [0.1, 0.15) is 0 Å².